The zero-order chi connectivity index (χ0) is 19.0. The monoisotopic (exact) mass is 362 g/mol. The summed E-state index contributed by atoms with van der Waals surface area (Å²) in [4.78, 5) is 37.6. The number of H-pyrrole nitrogens is 1. The number of Topliss-reactive ketones (excluding diaryl/α,β-unsaturated/α-hetero) is 1. The van der Waals surface area contributed by atoms with E-state index in [4.69, 9.17) is 4.74 Å². The number of ether oxygens (including phenoxy) is 1. The van der Waals surface area contributed by atoms with Crippen molar-refractivity contribution in [1.82, 2.24) is 9.55 Å². The number of hydrogen-bond donors (Lipinski definition) is 4. The number of benzene rings is 1. The van der Waals surface area contributed by atoms with Gasteiger partial charge in [-0.2, -0.15) is 0 Å². The van der Waals surface area contributed by atoms with Crippen molar-refractivity contribution in [2.45, 2.75) is 31.5 Å². The number of nitrogens with zero attached hydrogens (tertiary/aromatic N) is 1. The lowest BCUT2D eigenvalue weighted by molar-refractivity contribution is -0.0541. The van der Waals surface area contributed by atoms with Crippen molar-refractivity contribution in [2.75, 3.05) is 6.61 Å². The van der Waals surface area contributed by atoms with Gasteiger partial charge in [0.25, 0.3) is 5.56 Å². The fraction of sp³-hybridized carbons (Fsp3) is 0.353. The lowest BCUT2D eigenvalue weighted by Gasteiger charge is -2.21. The van der Waals surface area contributed by atoms with Crippen LogP contribution in [0.15, 0.2) is 39.9 Å². The first-order chi connectivity index (χ1) is 12.3. The molecule has 0 unspecified atom stereocenters. The van der Waals surface area contributed by atoms with Crippen molar-refractivity contribution in [3.05, 3.63) is 56.7 Å². The van der Waals surface area contributed by atoms with Gasteiger partial charge in [0, 0.05) is 11.6 Å². The van der Waals surface area contributed by atoms with Crippen molar-refractivity contribution >= 4 is 5.78 Å². The molecule has 138 valence electrons. The van der Waals surface area contributed by atoms with E-state index in [0.29, 0.717) is 11.1 Å². The molecule has 0 radical (unpaired) electrons. The third-order valence-corrected chi connectivity index (χ3v) is 4.34. The number of aromatic amines is 1. The van der Waals surface area contributed by atoms with Gasteiger partial charge in [0.2, 0.25) is 0 Å². The molecule has 9 nitrogen and oxygen atoms in total. The molecule has 9 heteroatoms. The van der Waals surface area contributed by atoms with E-state index in [1.807, 2.05) is 0 Å². The van der Waals surface area contributed by atoms with E-state index in [0.717, 1.165) is 10.6 Å². The SMILES string of the molecule is CC(=O)c1ccc(-c2cc(=O)[nH]c(=O)n2[C@@H]2O[C@H](CO)[C@@H](O)[C@H]2O)cc1. The number of aliphatic hydroxyl groups excluding tert-OH is 3. The molecule has 2 aromatic rings. The first kappa shape index (κ1) is 18.2. The lowest BCUT2D eigenvalue weighted by atomic mass is 10.1. The minimum atomic E-state index is -1.48. The second-order valence-electron chi connectivity index (χ2n) is 6.06. The van der Waals surface area contributed by atoms with Gasteiger partial charge in [0.15, 0.2) is 12.0 Å². The van der Waals surface area contributed by atoms with Crippen LogP contribution in [0.2, 0.25) is 0 Å². The Bertz CT molecular complexity index is 931. The summed E-state index contributed by atoms with van der Waals surface area (Å²) in [5, 5.41) is 29.4. The number of carbonyl (C=O) groups excluding carboxylic acids is 1. The van der Waals surface area contributed by atoms with E-state index in [-0.39, 0.29) is 11.5 Å². The van der Waals surface area contributed by atoms with Gasteiger partial charge in [0.1, 0.15) is 18.3 Å². The molecule has 0 spiro atoms. The van der Waals surface area contributed by atoms with Crippen molar-refractivity contribution in [2.24, 2.45) is 0 Å². The second-order valence-corrected chi connectivity index (χ2v) is 6.06. The molecule has 1 aromatic heterocycles. The van der Waals surface area contributed by atoms with E-state index in [1.54, 1.807) is 24.3 Å². The van der Waals surface area contributed by atoms with Crippen LogP contribution in [-0.4, -0.2) is 55.6 Å². The van der Waals surface area contributed by atoms with E-state index in [9.17, 15) is 29.7 Å². The van der Waals surface area contributed by atoms with Crippen LogP contribution in [0.4, 0.5) is 0 Å². The molecule has 0 saturated carbocycles. The van der Waals surface area contributed by atoms with Gasteiger partial charge in [-0.15, -0.1) is 0 Å². The highest BCUT2D eigenvalue weighted by atomic mass is 16.6. The molecule has 1 aromatic carbocycles. The maximum absolute atomic E-state index is 12.4. The number of ketones is 1. The first-order valence-electron chi connectivity index (χ1n) is 7.93. The molecular formula is C17H18N2O7. The van der Waals surface area contributed by atoms with Crippen molar-refractivity contribution in [3.63, 3.8) is 0 Å². The van der Waals surface area contributed by atoms with Crippen LogP contribution < -0.4 is 11.2 Å². The Morgan fingerprint density at radius 3 is 2.38 bits per heavy atom. The highest BCUT2D eigenvalue weighted by Crippen LogP contribution is 2.31. The van der Waals surface area contributed by atoms with Gasteiger partial charge >= 0.3 is 5.69 Å². The van der Waals surface area contributed by atoms with Crippen LogP contribution in [0.5, 0.6) is 0 Å². The minimum Gasteiger partial charge on any atom is -0.394 e. The maximum Gasteiger partial charge on any atom is 0.331 e. The molecule has 0 amide bonds. The molecule has 1 aliphatic heterocycles. The predicted molar refractivity (Wildman–Crippen MR) is 89.8 cm³/mol. The summed E-state index contributed by atoms with van der Waals surface area (Å²) in [6.45, 7) is 0.868. The van der Waals surface area contributed by atoms with Gasteiger partial charge in [0.05, 0.1) is 12.3 Å². The lowest BCUT2D eigenvalue weighted by Crippen LogP contribution is -2.38. The maximum atomic E-state index is 12.4. The Labute approximate surface area is 147 Å². The summed E-state index contributed by atoms with van der Waals surface area (Å²) >= 11 is 0. The van der Waals surface area contributed by atoms with Crippen LogP contribution in [0.1, 0.15) is 23.5 Å². The predicted octanol–water partition coefficient (Wildman–Crippen LogP) is -0.982. The zero-order valence-corrected chi connectivity index (χ0v) is 13.8. The molecule has 2 heterocycles. The fourth-order valence-electron chi connectivity index (χ4n) is 2.95. The quantitative estimate of drug-likeness (QED) is 0.512. The molecule has 0 aliphatic carbocycles. The molecule has 1 saturated heterocycles. The highest BCUT2D eigenvalue weighted by Gasteiger charge is 2.44. The first-order valence-corrected chi connectivity index (χ1v) is 7.93. The number of nitrogens with one attached hydrogen (secondary N) is 1. The van der Waals surface area contributed by atoms with E-state index in [2.05, 4.69) is 4.98 Å². The molecule has 4 atom stereocenters. The van der Waals surface area contributed by atoms with Crippen LogP contribution in [0.25, 0.3) is 11.3 Å². The third-order valence-electron chi connectivity index (χ3n) is 4.34. The van der Waals surface area contributed by atoms with E-state index >= 15 is 0 Å². The van der Waals surface area contributed by atoms with E-state index in [1.165, 1.54) is 6.92 Å². The van der Waals surface area contributed by atoms with Gasteiger partial charge in [-0.05, 0) is 12.5 Å². The normalized spacial score (nSPS) is 25.4. The average molecular weight is 362 g/mol. The molecule has 4 N–H and O–H groups in total. The summed E-state index contributed by atoms with van der Waals surface area (Å²) < 4.78 is 6.41. The van der Waals surface area contributed by atoms with Gasteiger partial charge in [-0.25, -0.2) is 4.79 Å². The average Bonchev–Trinajstić information content (AvgIpc) is 2.89. The Kier molecular flexibility index (Phi) is 4.88. The summed E-state index contributed by atoms with van der Waals surface area (Å²) in [5.74, 6) is -0.136. The number of aromatic nitrogens is 2. The smallest absolute Gasteiger partial charge is 0.331 e. The minimum absolute atomic E-state index is 0.136. The van der Waals surface area contributed by atoms with Crippen molar-refractivity contribution < 1.29 is 24.9 Å². The van der Waals surface area contributed by atoms with Gasteiger partial charge in [-0.1, -0.05) is 24.3 Å². The summed E-state index contributed by atoms with van der Waals surface area (Å²) in [6.07, 6.45) is -5.24. The van der Waals surface area contributed by atoms with Crippen molar-refractivity contribution in [1.29, 1.82) is 0 Å². The van der Waals surface area contributed by atoms with Crippen molar-refractivity contribution in [3.8, 4) is 11.3 Å². The van der Waals surface area contributed by atoms with Crippen LogP contribution in [0, 0.1) is 0 Å². The van der Waals surface area contributed by atoms with Gasteiger partial charge in [-0.3, -0.25) is 19.1 Å². The summed E-state index contributed by atoms with van der Waals surface area (Å²) in [5.41, 5.74) is -0.443. The summed E-state index contributed by atoms with van der Waals surface area (Å²) in [6, 6.07) is 7.36. The Hall–Kier alpha value is -2.59. The summed E-state index contributed by atoms with van der Waals surface area (Å²) in [7, 11) is 0. The molecule has 26 heavy (non-hydrogen) atoms. The number of rotatable bonds is 4. The van der Waals surface area contributed by atoms with Crippen LogP contribution >= 0.6 is 0 Å². The Balaban J connectivity index is 2.13. The largest absolute Gasteiger partial charge is 0.394 e. The van der Waals surface area contributed by atoms with Crippen LogP contribution in [0.3, 0.4) is 0 Å². The molecule has 1 aliphatic rings. The Morgan fingerprint density at radius 2 is 1.85 bits per heavy atom. The number of hydrogen-bond acceptors (Lipinski definition) is 7. The third kappa shape index (κ3) is 3.13. The van der Waals surface area contributed by atoms with Crippen LogP contribution in [-0.2, 0) is 4.74 Å². The number of carbonyl (C=O) groups is 1. The fourth-order valence-corrected chi connectivity index (χ4v) is 2.95. The molecular weight excluding hydrogens is 344 g/mol. The highest BCUT2D eigenvalue weighted by molar-refractivity contribution is 5.94. The zero-order valence-electron chi connectivity index (χ0n) is 13.8. The second kappa shape index (κ2) is 6.96. The standard InChI is InChI=1S/C17H18N2O7/c1-8(21)9-2-4-10(5-3-9)11-6-13(22)18-17(25)19(11)16-15(24)14(23)12(7-20)26-16/h2-6,12,14-16,20,23-24H,7H2,1H3,(H,18,22,25)/t12-,14-,15-,16-/m1/s1. The molecule has 0 bridgehead atoms. The van der Waals surface area contributed by atoms with E-state index < -0.39 is 42.4 Å². The molecule has 1 fully saturated rings. The molecule has 3 rings (SSSR count). The van der Waals surface area contributed by atoms with Gasteiger partial charge < -0.3 is 20.1 Å². The number of aliphatic hydroxyl groups is 3. The topological polar surface area (TPSA) is 142 Å². The Morgan fingerprint density at radius 1 is 1.19 bits per heavy atom.